The van der Waals surface area contributed by atoms with E-state index in [-0.39, 0.29) is 12.3 Å². The summed E-state index contributed by atoms with van der Waals surface area (Å²) in [6.07, 6.45) is 0.119. The molecule has 0 radical (unpaired) electrons. The first kappa shape index (κ1) is 13.2. The van der Waals surface area contributed by atoms with Crippen LogP contribution in [0.25, 0.3) is 0 Å². The van der Waals surface area contributed by atoms with Crippen molar-refractivity contribution in [3.8, 4) is 11.5 Å². The van der Waals surface area contributed by atoms with Crippen molar-refractivity contribution in [1.29, 1.82) is 0 Å². The minimum absolute atomic E-state index is 0.0162. The highest BCUT2D eigenvalue weighted by Crippen LogP contribution is 2.34. The van der Waals surface area contributed by atoms with E-state index < -0.39 is 0 Å². The molecular weight excluding hydrogens is 230 g/mol. The van der Waals surface area contributed by atoms with Crippen LogP contribution in [-0.2, 0) is 4.74 Å². The lowest BCUT2D eigenvalue weighted by Crippen LogP contribution is -2.27. The van der Waals surface area contributed by atoms with Crippen LogP contribution in [0.3, 0.4) is 0 Å². The molecule has 1 heterocycles. The summed E-state index contributed by atoms with van der Waals surface area (Å²) in [6.45, 7) is 5.08. The minimum Gasteiger partial charge on any atom is -0.497 e. The third-order valence-corrected chi connectivity index (χ3v) is 3.20. The summed E-state index contributed by atoms with van der Waals surface area (Å²) in [5.74, 6) is 2.11. The molecule has 2 unspecified atom stereocenters. The molecule has 1 fully saturated rings. The Kier molecular flexibility index (Phi) is 4.09. The van der Waals surface area contributed by atoms with Crippen molar-refractivity contribution in [3.05, 3.63) is 23.8 Å². The van der Waals surface area contributed by atoms with Gasteiger partial charge in [-0.15, -0.1) is 0 Å². The summed E-state index contributed by atoms with van der Waals surface area (Å²) in [6, 6.07) is 5.79. The number of methoxy groups -OCH3 is 2. The second-order valence-electron chi connectivity index (χ2n) is 4.81. The van der Waals surface area contributed by atoms with Crippen LogP contribution in [0.5, 0.6) is 11.5 Å². The van der Waals surface area contributed by atoms with Gasteiger partial charge in [0.1, 0.15) is 23.8 Å². The van der Waals surface area contributed by atoms with E-state index in [0.29, 0.717) is 5.92 Å². The van der Waals surface area contributed by atoms with Crippen LogP contribution in [0.4, 0.5) is 0 Å². The lowest BCUT2D eigenvalue weighted by Gasteiger charge is -2.18. The molecule has 1 aliphatic rings. The van der Waals surface area contributed by atoms with Crippen molar-refractivity contribution in [3.63, 3.8) is 0 Å². The highest BCUT2D eigenvalue weighted by molar-refractivity contribution is 5.42. The first-order chi connectivity index (χ1) is 8.65. The Hall–Kier alpha value is -1.26. The summed E-state index contributed by atoms with van der Waals surface area (Å²) >= 11 is 0. The lowest BCUT2D eigenvalue weighted by atomic mass is 10.1. The number of rotatable bonds is 4. The first-order valence-electron chi connectivity index (χ1n) is 6.26. The van der Waals surface area contributed by atoms with Gasteiger partial charge in [-0.3, -0.25) is 5.32 Å². The zero-order chi connectivity index (χ0) is 13.1. The Morgan fingerprint density at radius 2 is 2.06 bits per heavy atom. The van der Waals surface area contributed by atoms with E-state index in [9.17, 15) is 0 Å². The van der Waals surface area contributed by atoms with Crippen molar-refractivity contribution in [1.82, 2.24) is 5.32 Å². The van der Waals surface area contributed by atoms with Gasteiger partial charge in [0.2, 0.25) is 0 Å². The molecule has 1 aromatic carbocycles. The summed E-state index contributed by atoms with van der Waals surface area (Å²) in [5.41, 5.74) is 1.03. The molecule has 4 heteroatoms. The predicted molar refractivity (Wildman–Crippen MR) is 70.0 cm³/mol. The van der Waals surface area contributed by atoms with Gasteiger partial charge in [0, 0.05) is 12.1 Å². The molecule has 18 heavy (non-hydrogen) atoms. The maximum absolute atomic E-state index is 6.00. The number of benzene rings is 1. The normalized spacial score (nSPS) is 23.4. The van der Waals surface area contributed by atoms with Crippen LogP contribution >= 0.6 is 0 Å². The Bertz CT molecular complexity index is 406. The second kappa shape index (κ2) is 5.59. The largest absolute Gasteiger partial charge is 0.497 e. The lowest BCUT2D eigenvalue weighted by molar-refractivity contribution is 0.0126. The smallest absolute Gasteiger partial charge is 0.124 e. The molecule has 1 saturated heterocycles. The van der Waals surface area contributed by atoms with Gasteiger partial charge in [-0.05, 0) is 24.1 Å². The summed E-state index contributed by atoms with van der Waals surface area (Å²) in [5, 5.41) is 3.37. The Morgan fingerprint density at radius 3 is 2.61 bits per heavy atom. The van der Waals surface area contributed by atoms with E-state index in [1.54, 1.807) is 14.2 Å². The van der Waals surface area contributed by atoms with Gasteiger partial charge in [-0.1, -0.05) is 13.8 Å². The zero-order valence-electron chi connectivity index (χ0n) is 11.4. The molecule has 1 aliphatic heterocycles. The Morgan fingerprint density at radius 1 is 1.28 bits per heavy atom. The second-order valence-corrected chi connectivity index (χ2v) is 4.81. The number of ether oxygens (including phenoxy) is 3. The van der Waals surface area contributed by atoms with Gasteiger partial charge in [-0.2, -0.15) is 0 Å². The van der Waals surface area contributed by atoms with Crippen molar-refractivity contribution >= 4 is 0 Å². The highest BCUT2D eigenvalue weighted by atomic mass is 16.5. The standard InChI is InChI=1S/C14H21NO3/c1-9(2)14-15-8-13(18-14)11-7-10(16-3)5-6-12(11)17-4/h5-7,9,13-15H,8H2,1-4H3. The Labute approximate surface area is 108 Å². The molecule has 2 rings (SSSR count). The topological polar surface area (TPSA) is 39.7 Å². The molecule has 2 atom stereocenters. The zero-order valence-corrected chi connectivity index (χ0v) is 11.4. The molecule has 0 bridgehead atoms. The van der Waals surface area contributed by atoms with Gasteiger partial charge in [-0.25, -0.2) is 0 Å². The van der Waals surface area contributed by atoms with E-state index in [1.165, 1.54) is 0 Å². The van der Waals surface area contributed by atoms with Crippen LogP contribution < -0.4 is 14.8 Å². The fourth-order valence-corrected chi connectivity index (χ4v) is 2.16. The van der Waals surface area contributed by atoms with Crippen molar-refractivity contribution < 1.29 is 14.2 Å². The Balaban J connectivity index is 2.22. The SMILES string of the molecule is COc1ccc(OC)c(C2CNC(C(C)C)O2)c1. The van der Waals surface area contributed by atoms with E-state index in [2.05, 4.69) is 19.2 Å². The van der Waals surface area contributed by atoms with E-state index in [1.807, 2.05) is 18.2 Å². The van der Waals surface area contributed by atoms with Crippen molar-refractivity contribution in [2.45, 2.75) is 26.2 Å². The average Bonchev–Trinajstić information content (AvgIpc) is 2.87. The van der Waals surface area contributed by atoms with Crippen molar-refractivity contribution in [2.24, 2.45) is 5.92 Å². The molecule has 1 N–H and O–H groups in total. The molecule has 4 nitrogen and oxygen atoms in total. The van der Waals surface area contributed by atoms with Crippen LogP contribution in [0, 0.1) is 5.92 Å². The van der Waals surface area contributed by atoms with Crippen molar-refractivity contribution in [2.75, 3.05) is 20.8 Å². The molecule has 0 spiro atoms. The monoisotopic (exact) mass is 251 g/mol. The van der Waals surface area contributed by atoms with Gasteiger partial charge in [0.05, 0.1) is 14.2 Å². The van der Waals surface area contributed by atoms with Crippen LogP contribution in [0.1, 0.15) is 25.5 Å². The number of hydrogen-bond acceptors (Lipinski definition) is 4. The fraction of sp³-hybridized carbons (Fsp3) is 0.571. The average molecular weight is 251 g/mol. The maximum atomic E-state index is 6.00. The molecule has 100 valence electrons. The minimum atomic E-state index is 0.0162. The van der Waals surface area contributed by atoms with Crippen LogP contribution in [-0.4, -0.2) is 27.0 Å². The predicted octanol–water partition coefficient (Wildman–Crippen LogP) is 2.35. The van der Waals surface area contributed by atoms with Gasteiger partial charge in [0.25, 0.3) is 0 Å². The molecule has 0 amide bonds. The van der Waals surface area contributed by atoms with E-state index in [0.717, 1.165) is 23.6 Å². The molecule has 0 saturated carbocycles. The van der Waals surface area contributed by atoms with E-state index in [4.69, 9.17) is 14.2 Å². The maximum Gasteiger partial charge on any atom is 0.124 e. The quantitative estimate of drug-likeness (QED) is 0.891. The fourth-order valence-electron chi connectivity index (χ4n) is 2.16. The summed E-state index contributed by atoms with van der Waals surface area (Å²) in [7, 11) is 3.34. The molecule has 1 aromatic rings. The van der Waals surface area contributed by atoms with Crippen LogP contribution in [0.2, 0.25) is 0 Å². The molecule has 0 aliphatic carbocycles. The number of nitrogens with one attached hydrogen (secondary N) is 1. The third kappa shape index (κ3) is 2.60. The highest BCUT2D eigenvalue weighted by Gasteiger charge is 2.29. The van der Waals surface area contributed by atoms with Gasteiger partial charge >= 0.3 is 0 Å². The summed E-state index contributed by atoms with van der Waals surface area (Å²) in [4.78, 5) is 0. The molecule has 0 aromatic heterocycles. The molecular formula is C14H21NO3. The third-order valence-electron chi connectivity index (χ3n) is 3.20. The number of hydrogen-bond donors (Lipinski definition) is 1. The summed E-state index contributed by atoms with van der Waals surface area (Å²) < 4.78 is 16.7. The van der Waals surface area contributed by atoms with Gasteiger partial charge < -0.3 is 14.2 Å². The van der Waals surface area contributed by atoms with Crippen LogP contribution in [0.15, 0.2) is 18.2 Å². The van der Waals surface area contributed by atoms with E-state index >= 15 is 0 Å². The first-order valence-corrected chi connectivity index (χ1v) is 6.26. The van der Waals surface area contributed by atoms with Gasteiger partial charge in [0.15, 0.2) is 0 Å².